The van der Waals surface area contributed by atoms with Crippen LogP contribution in [0.25, 0.3) is 6.08 Å². The Kier molecular flexibility index (Phi) is 3.55. The van der Waals surface area contributed by atoms with Gasteiger partial charge in [-0.2, -0.15) is 13.2 Å². The molecule has 0 saturated carbocycles. The van der Waals surface area contributed by atoms with Crippen molar-refractivity contribution in [1.29, 1.82) is 0 Å². The number of hydrogen-bond acceptors (Lipinski definition) is 1. The van der Waals surface area contributed by atoms with Crippen molar-refractivity contribution in [2.75, 3.05) is 0 Å². The number of hydrogen-bond donors (Lipinski definition) is 1. The van der Waals surface area contributed by atoms with Crippen molar-refractivity contribution in [2.45, 2.75) is 13.1 Å². The Balaban J connectivity index is 3.14. The molecule has 2 nitrogen and oxygen atoms in total. The number of rotatable bonds is 2. The lowest BCUT2D eigenvalue weighted by Crippen LogP contribution is -2.08. The van der Waals surface area contributed by atoms with Crippen LogP contribution in [0.15, 0.2) is 23.8 Å². The van der Waals surface area contributed by atoms with Gasteiger partial charge in [-0.05, 0) is 30.7 Å². The van der Waals surface area contributed by atoms with Gasteiger partial charge < -0.3 is 5.11 Å². The molecule has 17 heavy (non-hydrogen) atoms. The Morgan fingerprint density at radius 3 is 2.35 bits per heavy atom. The molecule has 0 unspecified atom stereocenters. The largest absolute Gasteiger partial charge is 0.478 e. The van der Waals surface area contributed by atoms with Gasteiger partial charge in [-0.25, -0.2) is 9.18 Å². The van der Waals surface area contributed by atoms with Crippen LogP contribution in [0.5, 0.6) is 0 Å². The highest BCUT2D eigenvalue weighted by molar-refractivity contribution is 5.91. The molecule has 92 valence electrons. The number of halogens is 4. The minimum absolute atomic E-state index is 0.0652. The van der Waals surface area contributed by atoms with Gasteiger partial charge in [0.2, 0.25) is 0 Å². The van der Waals surface area contributed by atoms with Crippen molar-refractivity contribution >= 4 is 12.0 Å². The van der Waals surface area contributed by atoms with Crippen LogP contribution in [-0.2, 0) is 11.0 Å². The molecule has 1 N–H and O–H groups in total. The van der Waals surface area contributed by atoms with Gasteiger partial charge in [0, 0.05) is 5.57 Å². The minimum atomic E-state index is -4.76. The molecule has 1 aromatic rings. The lowest BCUT2D eigenvalue weighted by atomic mass is 10.1. The maximum Gasteiger partial charge on any atom is 0.419 e. The van der Waals surface area contributed by atoms with Crippen LogP contribution in [-0.4, -0.2) is 11.1 Å². The van der Waals surface area contributed by atoms with Crippen LogP contribution in [0.4, 0.5) is 17.6 Å². The summed E-state index contributed by atoms with van der Waals surface area (Å²) in [5.74, 6) is -2.64. The van der Waals surface area contributed by atoms with Crippen LogP contribution in [0.3, 0.4) is 0 Å². The molecule has 0 fully saturated rings. The van der Waals surface area contributed by atoms with Crippen LogP contribution >= 0.6 is 0 Å². The van der Waals surface area contributed by atoms with Gasteiger partial charge >= 0.3 is 12.1 Å². The number of carboxylic acids is 1. The summed E-state index contributed by atoms with van der Waals surface area (Å²) >= 11 is 0. The van der Waals surface area contributed by atoms with Crippen molar-refractivity contribution in [1.82, 2.24) is 0 Å². The summed E-state index contributed by atoms with van der Waals surface area (Å²) in [7, 11) is 0. The van der Waals surface area contributed by atoms with Crippen molar-refractivity contribution in [2.24, 2.45) is 0 Å². The molecule has 1 rings (SSSR count). The van der Waals surface area contributed by atoms with Crippen molar-refractivity contribution in [3.63, 3.8) is 0 Å². The molecule has 0 radical (unpaired) electrons. The third kappa shape index (κ3) is 3.30. The Morgan fingerprint density at radius 2 is 1.94 bits per heavy atom. The molecule has 0 aliphatic carbocycles. The van der Waals surface area contributed by atoms with Crippen LogP contribution in [0.2, 0.25) is 0 Å². The number of alkyl halides is 3. The summed E-state index contributed by atoms with van der Waals surface area (Å²) in [6.07, 6.45) is -3.67. The Labute approximate surface area is 94.2 Å². The highest BCUT2D eigenvalue weighted by atomic mass is 19.4. The Bertz CT molecular complexity index is 475. The second kappa shape index (κ2) is 4.57. The third-order valence-corrected chi connectivity index (χ3v) is 2.02. The summed E-state index contributed by atoms with van der Waals surface area (Å²) in [5, 5.41) is 8.55. The zero-order chi connectivity index (χ0) is 13.2. The van der Waals surface area contributed by atoms with Gasteiger partial charge in [-0.3, -0.25) is 0 Å². The summed E-state index contributed by atoms with van der Waals surface area (Å²) in [6.45, 7) is 1.26. The summed E-state index contributed by atoms with van der Waals surface area (Å²) in [4.78, 5) is 10.5. The molecule has 0 aromatic heterocycles. The first kappa shape index (κ1) is 13.2. The van der Waals surface area contributed by atoms with E-state index >= 15 is 0 Å². The maximum absolute atomic E-state index is 13.1. The second-order valence-corrected chi connectivity index (χ2v) is 3.37. The monoisotopic (exact) mass is 248 g/mol. The summed E-state index contributed by atoms with van der Waals surface area (Å²) in [5.41, 5.74) is -1.40. The molecule has 0 amide bonds. The van der Waals surface area contributed by atoms with Crippen molar-refractivity contribution in [3.8, 4) is 0 Å². The van der Waals surface area contributed by atoms with E-state index in [2.05, 4.69) is 0 Å². The number of benzene rings is 1. The summed E-state index contributed by atoms with van der Waals surface area (Å²) < 4.78 is 49.8. The fraction of sp³-hybridized carbons (Fsp3) is 0.182. The number of aliphatic carboxylic acids is 1. The highest BCUT2D eigenvalue weighted by Crippen LogP contribution is 2.31. The van der Waals surface area contributed by atoms with E-state index in [1.165, 1.54) is 6.92 Å². The molecule has 1 aromatic carbocycles. The lowest BCUT2D eigenvalue weighted by Gasteiger charge is -2.08. The first-order valence-electron chi connectivity index (χ1n) is 4.50. The molecule has 6 heteroatoms. The fourth-order valence-electron chi connectivity index (χ4n) is 1.16. The van der Waals surface area contributed by atoms with E-state index in [4.69, 9.17) is 5.11 Å². The molecule has 0 aliphatic rings. The van der Waals surface area contributed by atoms with E-state index in [-0.39, 0.29) is 11.1 Å². The number of carbonyl (C=O) groups is 1. The standard InChI is InChI=1S/C11H8F4O2/c1-6(10(16)17)4-7-2-3-8(9(12)5-7)11(13,14)15/h2-5H,1H3,(H,16,17)/b6-4+. The Morgan fingerprint density at radius 1 is 1.35 bits per heavy atom. The van der Waals surface area contributed by atoms with E-state index in [1.54, 1.807) is 0 Å². The van der Waals surface area contributed by atoms with Gasteiger partial charge in [0.25, 0.3) is 0 Å². The molecule has 0 spiro atoms. The topological polar surface area (TPSA) is 37.3 Å². The smallest absolute Gasteiger partial charge is 0.419 e. The van der Waals surface area contributed by atoms with Gasteiger partial charge in [0.15, 0.2) is 0 Å². The lowest BCUT2D eigenvalue weighted by molar-refractivity contribution is -0.140. The molecular weight excluding hydrogens is 240 g/mol. The van der Waals surface area contributed by atoms with E-state index < -0.39 is 23.5 Å². The van der Waals surface area contributed by atoms with E-state index in [1.807, 2.05) is 0 Å². The van der Waals surface area contributed by atoms with Gasteiger partial charge in [-0.15, -0.1) is 0 Å². The normalized spacial score (nSPS) is 12.6. The zero-order valence-electron chi connectivity index (χ0n) is 8.68. The van der Waals surface area contributed by atoms with Gasteiger partial charge in [0.05, 0.1) is 5.56 Å². The van der Waals surface area contributed by atoms with Gasteiger partial charge in [0.1, 0.15) is 5.82 Å². The quantitative estimate of drug-likeness (QED) is 0.643. The van der Waals surface area contributed by atoms with Crippen LogP contribution in [0, 0.1) is 5.82 Å². The third-order valence-electron chi connectivity index (χ3n) is 2.02. The number of carboxylic acid groups (broad SMARTS) is 1. The molecule has 0 aliphatic heterocycles. The fourth-order valence-corrected chi connectivity index (χ4v) is 1.16. The van der Waals surface area contributed by atoms with Crippen LogP contribution < -0.4 is 0 Å². The van der Waals surface area contributed by atoms with Crippen molar-refractivity contribution < 1.29 is 27.5 Å². The second-order valence-electron chi connectivity index (χ2n) is 3.37. The minimum Gasteiger partial charge on any atom is -0.478 e. The highest BCUT2D eigenvalue weighted by Gasteiger charge is 2.33. The first-order valence-corrected chi connectivity index (χ1v) is 4.50. The maximum atomic E-state index is 13.1. The average Bonchev–Trinajstić information content (AvgIpc) is 2.15. The van der Waals surface area contributed by atoms with E-state index in [9.17, 15) is 22.4 Å². The summed E-state index contributed by atoms with van der Waals surface area (Å²) in [6, 6.07) is 2.24. The molecule has 0 heterocycles. The molecular formula is C11H8F4O2. The Hall–Kier alpha value is -1.85. The molecule has 0 bridgehead atoms. The van der Waals surface area contributed by atoms with Crippen molar-refractivity contribution in [3.05, 3.63) is 40.7 Å². The average molecular weight is 248 g/mol. The van der Waals surface area contributed by atoms with Gasteiger partial charge in [-0.1, -0.05) is 6.07 Å². The first-order chi connectivity index (χ1) is 7.71. The van der Waals surface area contributed by atoms with E-state index in [0.29, 0.717) is 12.1 Å². The predicted octanol–water partition coefficient (Wildman–Crippen LogP) is 3.33. The zero-order valence-corrected chi connectivity index (χ0v) is 8.68. The molecule has 0 atom stereocenters. The SMILES string of the molecule is C/C(=C\c1ccc(C(F)(F)F)c(F)c1)C(=O)O. The molecule has 0 saturated heterocycles. The predicted molar refractivity (Wildman–Crippen MR) is 52.7 cm³/mol. The van der Waals surface area contributed by atoms with E-state index in [0.717, 1.165) is 12.1 Å². The van der Waals surface area contributed by atoms with Crippen LogP contribution in [0.1, 0.15) is 18.1 Å².